The van der Waals surface area contributed by atoms with Crippen LogP contribution in [0.15, 0.2) is 48.5 Å². The SMILES string of the molecule is CCc1nc2ccccc2n1CCCOc1ccccc1C. The van der Waals surface area contributed by atoms with Crippen molar-refractivity contribution < 1.29 is 4.74 Å². The highest BCUT2D eigenvalue weighted by molar-refractivity contribution is 5.75. The van der Waals surface area contributed by atoms with Gasteiger partial charge in [-0.25, -0.2) is 4.98 Å². The Bertz CT molecular complexity index is 761. The maximum Gasteiger partial charge on any atom is 0.122 e. The van der Waals surface area contributed by atoms with Crippen molar-refractivity contribution in [3.63, 3.8) is 0 Å². The third kappa shape index (κ3) is 2.98. The zero-order chi connectivity index (χ0) is 15.4. The van der Waals surface area contributed by atoms with Crippen LogP contribution in [0.3, 0.4) is 0 Å². The summed E-state index contributed by atoms with van der Waals surface area (Å²) in [4.78, 5) is 4.70. The molecule has 0 N–H and O–H groups in total. The van der Waals surface area contributed by atoms with Gasteiger partial charge in [0.25, 0.3) is 0 Å². The highest BCUT2D eigenvalue weighted by Gasteiger charge is 2.08. The Hall–Kier alpha value is -2.29. The molecule has 3 nitrogen and oxygen atoms in total. The van der Waals surface area contributed by atoms with E-state index in [1.165, 1.54) is 11.1 Å². The zero-order valence-corrected chi connectivity index (χ0v) is 13.2. The Morgan fingerprint density at radius 1 is 1.05 bits per heavy atom. The van der Waals surface area contributed by atoms with Crippen LogP contribution in [0, 0.1) is 6.92 Å². The molecule has 0 bridgehead atoms. The topological polar surface area (TPSA) is 27.1 Å². The van der Waals surface area contributed by atoms with Gasteiger partial charge in [0.15, 0.2) is 0 Å². The molecule has 3 heteroatoms. The highest BCUT2D eigenvalue weighted by atomic mass is 16.5. The molecule has 0 saturated heterocycles. The van der Waals surface area contributed by atoms with Gasteiger partial charge in [-0.1, -0.05) is 37.3 Å². The first-order valence-corrected chi connectivity index (χ1v) is 7.92. The number of fused-ring (bicyclic) bond motifs is 1. The predicted molar refractivity (Wildman–Crippen MR) is 90.4 cm³/mol. The van der Waals surface area contributed by atoms with Gasteiger partial charge in [-0.3, -0.25) is 0 Å². The van der Waals surface area contributed by atoms with Crippen LogP contribution >= 0.6 is 0 Å². The monoisotopic (exact) mass is 294 g/mol. The van der Waals surface area contributed by atoms with Gasteiger partial charge in [0.05, 0.1) is 17.6 Å². The fourth-order valence-electron chi connectivity index (χ4n) is 2.77. The summed E-state index contributed by atoms with van der Waals surface area (Å²) in [6.45, 7) is 5.89. The normalized spacial score (nSPS) is 11.0. The van der Waals surface area contributed by atoms with Crippen molar-refractivity contribution in [3.8, 4) is 5.75 Å². The smallest absolute Gasteiger partial charge is 0.122 e. The van der Waals surface area contributed by atoms with E-state index in [0.717, 1.165) is 43.1 Å². The lowest BCUT2D eigenvalue weighted by atomic mass is 10.2. The molecule has 0 fully saturated rings. The minimum Gasteiger partial charge on any atom is -0.493 e. The molecule has 0 atom stereocenters. The van der Waals surface area contributed by atoms with Gasteiger partial charge in [-0.15, -0.1) is 0 Å². The number of ether oxygens (including phenoxy) is 1. The molecule has 114 valence electrons. The lowest BCUT2D eigenvalue weighted by molar-refractivity contribution is 0.300. The van der Waals surface area contributed by atoms with E-state index in [2.05, 4.69) is 42.7 Å². The molecule has 1 aromatic heterocycles. The number of benzene rings is 2. The molecule has 2 aromatic carbocycles. The summed E-state index contributed by atoms with van der Waals surface area (Å²) < 4.78 is 8.20. The molecule has 0 aliphatic heterocycles. The van der Waals surface area contributed by atoms with E-state index >= 15 is 0 Å². The molecule has 1 heterocycles. The van der Waals surface area contributed by atoms with Crippen molar-refractivity contribution in [2.75, 3.05) is 6.61 Å². The van der Waals surface area contributed by atoms with Crippen LogP contribution < -0.4 is 4.74 Å². The van der Waals surface area contributed by atoms with Gasteiger partial charge >= 0.3 is 0 Å². The number of rotatable bonds is 6. The zero-order valence-electron chi connectivity index (χ0n) is 13.2. The molecule has 0 aliphatic rings. The predicted octanol–water partition coefficient (Wildman–Crippen LogP) is 4.38. The van der Waals surface area contributed by atoms with Gasteiger partial charge in [0, 0.05) is 13.0 Å². The van der Waals surface area contributed by atoms with Gasteiger partial charge in [0.1, 0.15) is 11.6 Å². The molecular weight excluding hydrogens is 272 g/mol. The largest absolute Gasteiger partial charge is 0.493 e. The van der Waals surface area contributed by atoms with Crippen molar-refractivity contribution in [2.24, 2.45) is 0 Å². The van der Waals surface area contributed by atoms with Gasteiger partial charge in [0.2, 0.25) is 0 Å². The van der Waals surface area contributed by atoms with E-state index < -0.39 is 0 Å². The van der Waals surface area contributed by atoms with Crippen LogP contribution in [0.2, 0.25) is 0 Å². The van der Waals surface area contributed by atoms with Crippen LogP contribution in [0.25, 0.3) is 11.0 Å². The average molecular weight is 294 g/mol. The second-order valence-electron chi connectivity index (χ2n) is 5.49. The number of hydrogen-bond donors (Lipinski definition) is 0. The Morgan fingerprint density at radius 2 is 1.82 bits per heavy atom. The summed E-state index contributed by atoms with van der Waals surface area (Å²) in [6, 6.07) is 16.5. The molecule has 0 amide bonds. The number of para-hydroxylation sites is 3. The summed E-state index contributed by atoms with van der Waals surface area (Å²) in [5, 5.41) is 0. The van der Waals surface area contributed by atoms with E-state index in [1.54, 1.807) is 0 Å². The molecule has 3 rings (SSSR count). The first kappa shape index (κ1) is 14.6. The molecule has 0 unspecified atom stereocenters. The summed E-state index contributed by atoms with van der Waals surface area (Å²) in [5.41, 5.74) is 3.49. The van der Waals surface area contributed by atoms with E-state index in [4.69, 9.17) is 9.72 Å². The number of aromatic nitrogens is 2. The Labute approximate surface area is 131 Å². The fourth-order valence-corrected chi connectivity index (χ4v) is 2.77. The second kappa shape index (κ2) is 6.65. The first-order chi connectivity index (χ1) is 10.8. The molecular formula is C19H22N2O. The number of imidazole rings is 1. The minimum absolute atomic E-state index is 0.723. The Kier molecular flexibility index (Phi) is 4.42. The lowest BCUT2D eigenvalue weighted by Gasteiger charge is -2.11. The number of aryl methyl sites for hydroxylation is 3. The molecule has 0 saturated carbocycles. The summed E-state index contributed by atoms with van der Waals surface area (Å²) >= 11 is 0. The van der Waals surface area contributed by atoms with E-state index in [9.17, 15) is 0 Å². The van der Waals surface area contributed by atoms with E-state index in [1.807, 2.05) is 24.3 Å². The third-order valence-electron chi connectivity index (χ3n) is 3.93. The standard InChI is InChI=1S/C19H22N2O/c1-3-19-20-16-10-5-6-11-17(16)21(19)13-8-14-22-18-12-7-4-9-15(18)2/h4-7,9-12H,3,8,13-14H2,1-2H3. The second-order valence-corrected chi connectivity index (χ2v) is 5.49. The quantitative estimate of drug-likeness (QED) is 0.631. The van der Waals surface area contributed by atoms with Crippen LogP contribution in [0.4, 0.5) is 0 Å². The van der Waals surface area contributed by atoms with E-state index in [-0.39, 0.29) is 0 Å². The summed E-state index contributed by atoms with van der Waals surface area (Å²) in [6.07, 6.45) is 1.93. The maximum atomic E-state index is 5.89. The van der Waals surface area contributed by atoms with Gasteiger partial charge < -0.3 is 9.30 Å². The Balaban J connectivity index is 1.65. The average Bonchev–Trinajstić information content (AvgIpc) is 2.91. The number of nitrogens with zero attached hydrogens (tertiary/aromatic N) is 2. The van der Waals surface area contributed by atoms with Gasteiger partial charge in [-0.05, 0) is 37.1 Å². The molecule has 0 radical (unpaired) electrons. The van der Waals surface area contributed by atoms with Crippen molar-refractivity contribution in [1.29, 1.82) is 0 Å². The van der Waals surface area contributed by atoms with Gasteiger partial charge in [-0.2, -0.15) is 0 Å². The van der Waals surface area contributed by atoms with Crippen molar-refractivity contribution in [1.82, 2.24) is 9.55 Å². The highest BCUT2D eigenvalue weighted by Crippen LogP contribution is 2.18. The van der Waals surface area contributed by atoms with Crippen molar-refractivity contribution in [2.45, 2.75) is 33.2 Å². The summed E-state index contributed by atoms with van der Waals surface area (Å²) in [5.74, 6) is 2.13. The van der Waals surface area contributed by atoms with E-state index in [0.29, 0.717) is 0 Å². The van der Waals surface area contributed by atoms with Crippen molar-refractivity contribution in [3.05, 3.63) is 59.9 Å². The molecule has 0 spiro atoms. The van der Waals surface area contributed by atoms with Crippen LogP contribution in [0.1, 0.15) is 24.7 Å². The first-order valence-electron chi connectivity index (χ1n) is 7.92. The molecule has 0 aliphatic carbocycles. The maximum absolute atomic E-state index is 5.89. The van der Waals surface area contributed by atoms with Crippen LogP contribution in [-0.2, 0) is 13.0 Å². The third-order valence-corrected chi connectivity index (χ3v) is 3.93. The fraction of sp³-hybridized carbons (Fsp3) is 0.316. The van der Waals surface area contributed by atoms with Crippen molar-refractivity contribution >= 4 is 11.0 Å². The summed E-state index contributed by atoms with van der Waals surface area (Å²) in [7, 11) is 0. The number of hydrogen-bond acceptors (Lipinski definition) is 2. The van der Waals surface area contributed by atoms with Crippen LogP contribution in [0.5, 0.6) is 5.75 Å². The minimum atomic E-state index is 0.723. The lowest BCUT2D eigenvalue weighted by Crippen LogP contribution is -2.07. The molecule has 3 aromatic rings. The Morgan fingerprint density at radius 3 is 2.64 bits per heavy atom. The molecule has 22 heavy (non-hydrogen) atoms. The van der Waals surface area contributed by atoms with Crippen LogP contribution in [-0.4, -0.2) is 16.2 Å².